The summed E-state index contributed by atoms with van der Waals surface area (Å²) in [5.74, 6) is 0.00558. The Morgan fingerprint density at radius 1 is 1.13 bits per heavy atom. The first kappa shape index (κ1) is 17.6. The highest BCUT2D eigenvalue weighted by atomic mass is 35.5. The Morgan fingerprint density at radius 3 is 2.61 bits per heavy atom. The van der Waals surface area contributed by atoms with Gasteiger partial charge in [0.1, 0.15) is 0 Å². The summed E-state index contributed by atoms with van der Waals surface area (Å²) < 4.78 is 0. The van der Waals surface area contributed by atoms with Crippen LogP contribution in [-0.4, -0.2) is 38.0 Å². The van der Waals surface area contributed by atoms with E-state index in [0.717, 1.165) is 23.6 Å². The number of halogens is 2. The summed E-state index contributed by atoms with van der Waals surface area (Å²) >= 11 is 6.12. The zero-order chi connectivity index (χ0) is 15.7. The van der Waals surface area contributed by atoms with Gasteiger partial charge in [0.05, 0.1) is 22.6 Å². The van der Waals surface area contributed by atoms with Gasteiger partial charge in [0.2, 0.25) is 0 Å². The van der Waals surface area contributed by atoms with E-state index in [1.807, 2.05) is 61.5 Å². The molecule has 0 aliphatic carbocycles. The molecule has 0 bridgehead atoms. The van der Waals surface area contributed by atoms with E-state index in [4.69, 9.17) is 11.6 Å². The fourth-order valence-electron chi connectivity index (χ4n) is 2.54. The lowest BCUT2D eigenvalue weighted by atomic mass is 10.1. The summed E-state index contributed by atoms with van der Waals surface area (Å²) in [6, 6.07) is 13.1. The van der Waals surface area contributed by atoms with Crippen molar-refractivity contribution in [1.82, 2.24) is 4.90 Å². The number of rotatable bonds is 3. The van der Waals surface area contributed by atoms with E-state index in [1.54, 1.807) is 0 Å². The van der Waals surface area contributed by atoms with Gasteiger partial charge in [0.25, 0.3) is 5.91 Å². The van der Waals surface area contributed by atoms with Crippen LogP contribution in [0.5, 0.6) is 0 Å². The molecule has 2 aromatic rings. The molecule has 0 atom stereocenters. The molecule has 23 heavy (non-hydrogen) atoms. The molecule has 0 aromatic heterocycles. The Hall–Kier alpha value is -1.75. The van der Waals surface area contributed by atoms with Crippen molar-refractivity contribution in [2.24, 2.45) is 0 Å². The van der Waals surface area contributed by atoms with E-state index < -0.39 is 0 Å². The van der Waals surface area contributed by atoms with E-state index in [1.165, 1.54) is 0 Å². The van der Waals surface area contributed by atoms with Gasteiger partial charge in [-0.2, -0.15) is 0 Å². The molecule has 4 nitrogen and oxygen atoms in total. The van der Waals surface area contributed by atoms with Gasteiger partial charge in [-0.1, -0.05) is 23.7 Å². The topological polar surface area (TPSA) is 35.6 Å². The van der Waals surface area contributed by atoms with Crippen molar-refractivity contribution in [3.05, 3.63) is 53.1 Å². The zero-order valence-electron chi connectivity index (χ0n) is 13.0. The standard InChI is InChI=1S/C17H18ClN3O.ClH/c1-20(2)9-10-21-16-8-7-12(18)11-15(16)19-14-6-4-3-5-13(14)17(21)22;/h3-8,11,19H,9-10H2,1-2H3;1H. The van der Waals surface area contributed by atoms with Gasteiger partial charge >= 0.3 is 0 Å². The van der Waals surface area contributed by atoms with Crippen molar-refractivity contribution in [3.63, 3.8) is 0 Å². The molecule has 1 heterocycles. The van der Waals surface area contributed by atoms with Crippen LogP contribution in [0.1, 0.15) is 10.4 Å². The molecule has 122 valence electrons. The highest BCUT2D eigenvalue weighted by Gasteiger charge is 2.26. The Bertz CT molecular complexity index is 719. The summed E-state index contributed by atoms with van der Waals surface area (Å²) in [5, 5.41) is 3.98. The third-order valence-electron chi connectivity index (χ3n) is 3.69. The van der Waals surface area contributed by atoms with Gasteiger partial charge in [0, 0.05) is 18.1 Å². The highest BCUT2D eigenvalue weighted by Crippen LogP contribution is 2.37. The number of fused-ring (bicyclic) bond motifs is 2. The monoisotopic (exact) mass is 351 g/mol. The van der Waals surface area contributed by atoms with Crippen LogP contribution in [0.25, 0.3) is 0 Å². The first-order chi connectivity index (χ1) is 10.6. The van der Waals surface area contributed by atoms with E-state index in [-0.39, 0.29) is 18.3 Å². The minimum Gasteiger partial charge on any atom is -0.353 e. The molecular formula is C17H19Cl2N3O. The lowest BCUT2D eigenvalue weighted by Crippen LogP contribution is -2.36. The maximum Gasteiger partial charge on any atom is 0.260 e. The summed E-state index contributed by atoms with van der Waals surface area (Å²) in [6.07, 6.45) is 0. The molecule has 0 spiro atoms. The van der Waals surface area contributed by atoms with Crippen molar-refractivity contribution in [1.29, 1.82) is 0 Å². The number of likely N-dealkylation sites (N-methyl/N-ethyl adjacent to an activating group) is 1. The molecular weight excluding hydrogens is 333 g/mol. The van der Waals surface area contributed by atoms with E-state index in [2.05, 4.69) is 10.2 Å². The van der Waals surface area contributed by atoms with Crippen molar-refractivity contribution in [2.75, 3.05) is 37.4 Å². The predicted molar refractivity (Wildman–Crippen MR) is 98.7 cm³/mol. The van der Waals surface area contributed by atoms with Gasteiger partial charge < -0.3 is 15.1 Å². The summed E-state index contributed by atoms with van der Waals surface area (Å²) in [4.78, 5) is 16.8. The molecule has 1 aliphatic heterocycles. The second-order valence-electron chi connectivity index (χ2n) is 5.59. The van der Waals surface area contributed by atoms with Crippen molar-refractivity contribution >= 4 is 47.0 Å². The number of anilines is 3. The number of amides is 1. The molecule has 1 amide bonds. The van der Waals surface area contributed by atoms with Gasteiger partial charge in [0.15, 0.2) is 0 Å². The summed E-state index contributed by atoms with van der Waals surface area (Å²) in [6.45, 7) is 1.41. The van der Waals surface area contributed by atoms with Gasteiger partial charge in [-0.05, 0) is 44.4 Å². The minimum absolute atomic E-state index is 0. The largest absolute Gasteiger partial charge is 0.353 e. The lowest BCUT2D eigenvalue weighted by Gasteiger charge is -2.24. The third kappa shape index (κ3) is 3.61. The Labute approximate surface area is 147 Å². The van der Waals surface area contributed by atoms with Gasteiger partial charge in [-0.25, -0.2) is 0 Å². The molecule has 0 unspecified atom stereocenters. The van der Waals surface area contributed by atoms with Crippen LogP contribution in [0.3, 0.4) is 0 Å². The number of carbonyl (C=O) groups is 1. The van der Waals surface area contributed by atoms with Crippen LogP contribution >= 0.6 is 24.0 Å². The Kier molecular flexibility index (Phi) is 5.52. The van der Waals surface area contributed by atoms with Crippen LogP contribution in [-0.2, 0) is 0 Å². The average Bonchev–Trinajstić information content (AvgIpc) is 2.59. The number of nitrogens with zero attached hydrogens (tertiary/aromatic N) is 2. The van der Waals surface area contributed by atoms with Gasteiger partial charge in [-0.3, -0.25) is 4.79 Å². The number of para-hydroxylation sites is 1. The smallest absolute Gasteiger partial charge is 0.260 e. The van der Waals surface area contributed by atoms with Crippen LogP contribution < -0.4 is 10.2 Å². The quantitative estimate of drug-likeness (QED) is 0.906. The maximum atomic E-state index is 12.9. The fraction of sp³-hybridized carbons (Fsp3) is 0.235. The highest BCUT2D eigenvalue weighted by molar-refractivity contribution is 6.31. The fourth-order valence-corrected chi connectivity index (χ4v) is 2.72. The normalized spacial score (nSPS) is 12.9. The molecule has 0 saturated carbocycles. The average molecular weight is 352 g/mol. The molecule has 1 aliphatic rings. The summed E-state index contributed by atoms with van der Waals surface area (Å²) in [5.41, 5.74) is 3.19. The van der Waals surface area contributed by atoms with E-state index in [9.17, 15) is 4.79 Å². The van der Waals surface area contributed by atoms with Crippen molar-refractivity contribution in [3.8, 4) is 0 Å². The van der Waals surface area contributed by atoms with Crippen molar-refractivity contribution in [2.45, 2.75) is 0 Å². The van der Waals surface area contributed by atoms with Crippen molar-refractivity contribution < 1.29 is 4.79 Å². The van der Waals surface area contributed by atoms with Gasteiger partial charge in [-0.15, -0.1) is 12.4 Å². The Morgan fingerprint density at radius 2 is 1.87 bits per heavy atom. The van der Waals surface area contributed by atoms with E-state index in [0.29, 0.717) is 17.1 Å². The number of benzene rings is 2. The first-order valence-electron chi connectivity index (χ1n) is 7.18. The zero-order valence-corrected chi connectivity index (χ0v) is 14.6. The lowest BCUT2D eigenvalue weighted by molar-refractivity contribution is 0.0986. The number of hydrogen-bond acceptors (Lipinski definition) is 3. The van der Waals surface area contributed by atoms with E-state index >= 15 is 0 Å². The Balaban J connectivity index is 0.00000192. The molecule has 1 N–H and O–H groups in total. The number of hydrogen-bond donors (Lipinski definition) is 1. The minimum atomic E-state index is 0. The maximum absolute atomic E-state index is 12.9. The molecule has 0 saturated heterocycles. The van der Waals surface area contributed by atoms with Crippen LogP contribution in [0.2, 0.25) is 5.02 Å². The third-order valence-corrected chi connectivity index (χ3v) is 3.93. The second-order valence-corrected chi connectivity index (χ2v) is 6.03. The molecule has 2 aromatic carbocycles. The number of carbonyl (C=O) groups excluding carboxylic acids is 1. The van der Waals surface area contributed by atoms with Crippen LogP contribution in [0, 0.1) is 0 Å². The second kappa shape index (κ2) is 7.21. The predicted octanol–water partition coefficient (Wildman–Crippen LogP) is 4.03. The molecule has 6 heteroatoms. The SMILES string of the molecule is CN(C)CCN1C(=O)c2ccccc2Nc2cc(Cl)ccc21.Cl. The molecule has 0 radical (unpaired) electrons. The molecule has 0 fully saturated rings. The number of nitrogens with one attached hydrogen (secondary N) is 1. The first-order valence-corrected chi connectivity index (χ1v) is 7.56. The van der Waals surface area contributed by atoms with Crippen LogP contribution in [0.4, 0.5) is 17.1 Å². The summed E-state index contributed by atoms with van der Waals surface area (Å²) in [7, 11) is 3.99. The molecule has 3 rings (SSSR count). The van der Waals surface area contributed by atoms with Crippen LogP contribution in [0.15, 0.2) is 42.5 Å².